The molecule has 17 heavy (non-hydrogen) atoms. The van der Waals surface area contributed by atoms with Crippen molar-refractivity contribution in [1.82, 2.24) is 0 Å². The summed E-state index contributed by atoms with van der Waals surface area (Å²) in [6.45, 7) is 0. The number of thioether (sulfide) groups is 1. The lowest BCUT2D eigenvalue weighted by Gasteiger charge is -2.06. The van der Waals surface area contributed by atoms with Gasteiger partial charge in [0, 0.05) is 16.2 Å². The molecule has 3 rings (SSSR count). The van der Waals surface area contributed by atoms with E-state index < -0.39 is 0 Å². The number of carbonyl (C=O) groups excluding carboxylic acids is 1. The predicted molar refractivity (Wildman–Crippen MR) is 67.5 cm³/mol. The van der Waals surface area contributed by atoms with Crippen LogP contribution in [0.1, 0.15) is 21.5 Å². The molecule has 1 aliphatic heterocycles. The normalized spacial score (nSPS) is 13.8. The molecule has 0 bridgehead atoms. The lowest BCUT2D eigenvalue weighted by molar-refractivity contribution is 0.103. The SMILES string of the molecule is O=C1c2ccccc2SCc2cccc(O)c21. The first-order valence-corrected chi connectivity index (χ1v) is 6.33. The lowest BCUT2D eigenvalue weighted by atomic mass is 9.98. The molecular weight excluding hydrogens is 232 g/mol. The van der Waals surface area contributed by atoms with Crippen LogP contribution in [-0.2, 0) is 5.75 Å². The highest BCUT2D eigenvalue weighted by molar-refractivity contribution is 7.98. The Bertz CT molecular complexity index is 605. The third-order valence-corrected chi connectivity index (χ3v) is 3.99. The molecule has 0 spiro atoms. The van der Waals surface area contributed by atoms with Gasteiger partial charge in [0.25, 0.3) is 0 Å². The third kappa shape index (κ3) is 1.63. The predicted octanol–water partition coefficient (Wildman–Crippen LogP) is 3.23. The highest BCUT2D eigenvalue weighted by Gasteiger charge is 2.23. The van der Waals surface area contributed by atoms with E-state index in [1.54, 1.807) is 23.9 Å². The van der Waals surface area contributed by atoms with Crippen LogP contribution >= 0.6 is 11.8 Å². The maximum Gasteiger partial charge on any atom is 0.198 e. The second kappa shape index (κ2) is 3.93. The Morgan fingerprint density at radius 3 is 2.76 bits per heavy atom. The van der Waals surface area contributed by atoms with Crippen LogP contribution in [-0.4, -0.2) is 10.9 Å². The third-order valence-electron chi connectivity index (χ3n) is 2.87. The number of hydrogen-bond donors (Lipinski definition) is 1. The van der Waals surface area contributed by atoms with Gasteiger partial charge in [-0.25, -0.2) is 0 Å². The van der Waals surface area contributed by atoms with E-state index in [0.717, 1.165) is 10.5 Å². The molecule has 0 amide bonds. The molecule has 0 atom stereocenters. The minimum absolute atomic E-state index is 0.0739. The van der Waals surface area contributed by atoms with Crippen LogP contribution in [0, 0.1) is 0 Å². The zero-order chi connectivity index (χ0) is 11.8. The molecular formula is C14H10O2S. The fourth-order valence-corrected chi connectivity index (χ4v) is 3.08. The molecule has 2 aromatic carbocycles. The van der Waals surface area contributed by atoms with Crippen LogP contribution in [0.25, 0.3) is 0 Å². The number of rotatable bonds is 0. The Balaban J connectivity index is 2.26. The van der Waals surface area contributed by atoms with Gasteiger partial charge in [0.15, 0.2) is 5.78 Å². The number of benzene rings is 2. The Hall–Kier alpha value is -1.74. The van der Waals surface area contributed by atoms with Crippen LogP contribution < -0.4 is 0 Å². The zero-order valence-corrected chi connectivity index (χ0v) is 9.83. The standard InChI is InChI=1S/C14H10O2S/c15-11-6-3-4-9-8-17-12-7-2-1-5-10(12)14(16)13(9)11/h1-7,15H,8H2. The van der Waals surface area contributed by atoms with E-state index in [2.05, 4.69) is 0 Å². The molecule has 1 N–H and O–H groups in total. The van der Waals surface area contributed by atoms with Gasteiger partial charge in [-0.1, -0.05) is 24.3 Å². The molecule has 0 saturated carbocycles. The molecule has 1 heterocycles. The maximum atomic E-state index is 12.4. The number of fused-ring (bicyclic) bond motifs is 2. The first-order valence-electron chi connectivity index (χ1n) is 5.35. The van der Waals surface area contributed by atoms with Crippen molar-refractivity contribution in [3.8, 4) is 5.75 Å². The van der Waals surface area contributed by atoms with Gasteiger partial charge in [-0.15, -0.1) is 11.8 Å². The van der Waals surface area contributed by atoms with Crippen molar-refractivity contribution >= 4 is 17.5 Å². The van der Waals surface area contributed by atoms with E-state index in [4.69, 9.17) is 0 Å². The fraction of sp³-hybridized carbons (Fsp3) is 0.0714. The van der Waals surface area contributed by atoms with Crippen LogP contribution in [0.4, 0.5) is 0 Å². The summed E-state index contributed by atoms with van der Waals surface area (Å²) >= 11 is 1.63. The first-order chi connectivity index (χ1) is 8.27. The second-order valence-corrected chi connectivity index (χ2v) is 4.94. The minimum Gasteiger partial charge on any atom is -0.507 e. The molecule has 0 aliphatic carbocycles. The van der Waals surface area contributed by atoms with Crippen molar-refractivity contribution in [1.29, 1.82) is 0 Å². The Morgan fingerprint density at radius 2 is 1.88 bits per heavy atom. The summed E-state index contributed by atoms with van der Waals surface area (Å²) in [6, 6.07) is 12.8. The monoisotopic (exact) mass is 242 g/mol. The van der Waals surface area contributed by atoms with Gasteiger partial charge < -0.3 is 5.11 Å². The smallest absolute Gasteiger partial charge is 0.198 e. The van der Waals surface area contributed by atoms with Crippen LogP contribution in [0.5, 0.6) is 5.75 Å². The van der Waals surface area contributed by atoms with E-state index in [9.17, 15) is 9.90 Å². The topological polar surface area (TPSA) is 37.3 Å². The van der Waals surface area contributed by atoms with Crippen molar-refractivity contribution in [2.75, 3.05) is 0 Å². The number of hydrogen-bond acceptors (Lipinski definition) is 3. The van der Waals surface area contributed by atoms with E-state index in [1.807, 2.05) is 30.3 Å². The second-order valence-electron chi connectivity index (χ2n) is 3.93. The molecule has 3 heteroatoms. The van der Waals surface area contributed by atoms with E-state index in [-0.39, 0.29) is 11.5 Å². The summed E-state index contributed by atoms with van der Waals surface area (Å²) in [5.41, 5.74) is 2.03. The molecule has 0 saturated heterocycles. The van der Waals surface area contributed by atoms with Crippen molar-refractivity contribution < 1.29 is 9.90 Å². The molecule has 2 nitrogen and oxygen atoms in total. The number of carbonyl (C=O) groups is 1. The molecule has 0 radical (unpaired) electrons. The molecule has 2 aromatic rings. The highest BCUT2D eigenvalue weighted by atomic mass is 32.2. The number of phenolic OH excluding ortho intramolecular Hbond substituents is 1. The van der Waals surface area contributed by atoms with Gasteiger partial charge in [0.05, 0.1) is 5.56 Å². The van der Waals surface area contributed by atoms with Gasteiger partial charge >= 0.3 is 0 Å². The fourth-order valence-electron chi connectivity index (χ4n) is 2.04. The minimum atomic E-state index is -0.0845. The Kier molecular flexibility index (Phi) is 2.41. The van der Waals surface area contributed by atoms with Gasteiger partial charge in [-0.3, -0.25) is 4.79 Å². The summed E-state index contributed by atoms with van der Waals surface area (Å²) in [4.78, 5) is 13.4. The van der Waals surface area contributed by atoms with Crippen molar-refractivity contribution in [3.05, 3.63) is 59.2 Å². The van der Waals surface area contributed by atoms with E-state index in [0.29, 0.717) is 16.9 Å². The largest absolute Gasteiger partial charge is 0.507 e. The summed E-state index contributed by atoms with van der Waals surface area (Å²) < 4.78 is 0. The van der Waals surface area contributed by atoms with Gasteiger partial charge in [0.1, 0.15) is 5.75 Å². The van der Waals surface area contributed by atoms with Gasteiger partial charge in [-0.05, 0) is 23.8 Å². The Morgan fingerprint density at radius 1 is 1.06 bits per heavy atom. The van der Waals surface area contributed by atoms with Crippen LogP contribution in [0.3, 0.4) is 0 Å². The van der Waals surface area contributed by atoms with E-state index >= 15 is 0 Å². The molecule has 0 unspecified atom stereocenters. The molecule has 84 valence electrons. The lowest BCUT2D eigenvalue weighted by Crippen LogP contribution is -2.03. The quantitative estimate of drug-likeness (QED) is 0.770. The number of aromatic hydroxyl groups is 1. The Labute approximate surface area is 103 Å². The maximum absolute atomic E-state index is 12.4. The van der Waals surface area contributed by atoms with Crippen molar-refractivity contribution in [3.63, 3.8) is 0 Å². The van der Waals surface area contributed by atoms with Crippen LogP contribution in [0.15, 0.2) is 47.4 Å². The molecule has 0 aromatic heterocycles. The van der Waals surface area contributed by atoms with Gasteiger partial charge in [0.2, 0.25) is 0 Å². The van der Waals surface area contributed by atoms with Crippen molar-refractivity contribution in [2.45, 2.75) is 10.6 Å². The highest BCUT2D eigenvalue weighted by Crippen LogP contribution is 2.36. The van der Waals surface area contributed by atoms with Crippen LogP contribution in [0.2, 0.25) is 0 Å². The zero-order valence-electron chi connectivity index (χ0n) is 9.01. The molecule has 0 fully saturated rings. The van der Waals surface area contributed by atoms with Gasteiger partial charge in [-0.2, -0.15) is 0 Å². The van der Waals surface area contributed by atoms with E-state index in [1.165, 1.54) is 0 Å². The van der Waals surface area contributed by atoms with Crippen molar-refractivity contribution in [2.24, 2.45) is 0 Å². The number of ketones is 1. The summed E-state index contributed by atoms with van der Waals surface area (Å²) in [7, 11) is 0. The molecule has 1 aliphatic rings. The summed E-state index contributed by atoms with van der Waals surface area (Å²) in [5.74, 6) is 0.704. The summed E-state index contributed by atoms with van der Waals surface area (Å²) in [5, 5.41) is 9.85. The average Bonchev–Trinajstić information content (AvgIpc) is 2.49. The first kappa shape index (κ1) is 10.4. The summed E-state index contributed by atoms with van der Waals surface area (Å²) in [6.07, 6.45) is 0. The average molecular weight is 242 g/mol. The number of phenols is 1.